The van der Waals surface area contributed by atoms with Crippen LogP contribution in [-0.4, -0.2) is 43.8 Å². The van der Waals surface area contributed by atoms with Gasteiger partial charge in [-0.2, -0.15) is 0 Å². The Bertz CT molecular complexity index is 1630. The summed E-state index contributed by atoms with van der Waals surface area (Å²) in [6, 6.07) is 29.6. The van der Waals surface area contributed by atoms with Crippen LogP contribution < -0.4 is 14.4 Å². The van der Waals surface area contributed by atoms with Crippen LogP contribution in [0.2, 0.25) is 5.02 Å². The average Bonchev–Trinajstić information content (AvgIpc) is 3.04. The van der Waals surface area contributed by atoms with Crippen molar-refractivity contribution in [1.82, 2.24) is 10.2 Å². The van der Waals surface area contributed by atoms with Crippen molar-refractivity contribution < 1.29 is 22.7 Å². The minimum Gasteiger partial charge on any atom is -0.457 e. The van der Waals surface area contributed by atoms with Crippen LogP contribution in [-0.2, 0) is 26.2 Å². The maximum Gasteiger partial charge on any atom is 0.264 e. The molecular weight excluding hydrogens is 598 g/mol. The van der Waals surface area contributed by atoms with E-state index in [2.05, 4.69) is 5.32 Å². The Hall–Kier alpha value is -4.34. The molecule has 1 N–H and O–H groups in total. The van der Waals surface area contributed by atoms with Crippen LogP contribution >= 0.6 is 11.6 Å². The highest BCUT2D eigenvalue weighted by Crippen LogP contribution is 2.28. The Morgan fingerprint density at radius 3 is 1.98 bits per heavy atom. The fraction of sp³-hybridized carbons (Fsp3) is 0.235. The number of sulfonamides is 1. The highest BCUT2D eigenvalue weighted by atomic mass is 35.5. The third kappa shape index (κ3) is 8.39. The highest BCUT2D eigenvalue weighted by molar-refractivity contribution is 7.92. The lowest BCUT2D eigenvalue weighted by Gasteiger charge is -2.32. The molecule has 0 fully saturated rings. The molecule has 4 aromatic rings. The van der Waals surface area contributed by atoms with Crippen LogP contribution in [0.25, 0.3) is 0 Å². The molecule has 0 saturated heterocycles. The topological polar surface area (TPSA) is 96.0 Å². The summed E-state index contributed by atoms with van der Waals surface area (Å²) in [5.74, 6) is 0.257. The number of nitrogens with zero attached hydrogens (tertiary/aromatic N) is 2. The molecule has 0 radical (unpaired) electrons. The van der Waals surface area contributed by atoms with E-state index in [4.69, 9.17) is 16.3 Å². The molecule has 230 valence electrons. The van der Waals surface area contributed by atoms with E-state index in [1.165, 1.54) is 17.0 Å². The maximum absolute atomic E-state index is 14.1. The molecule has 0 bridgehead atoms. The quantitative estimate of drug-likeness (QED) is 0.178. The van der Waals surface area contributed by atoms with Gasteiger partial charge in [0.25, 0.3) is 10.0 Å². The number of nitrogens with one attached hydrogen (secondary N) is 1. The number of carbonyl (C=O) groups is 2. The molecule has 0 aliphatic heterocycles. The lowest BCUT2D eigenvalue weighted by Crippen LogP contribution is -2.52. The van der Waals surface area contributed by atoms with Gasteiger partial charge in [-0.1, -0.05) is 67.1 Å². The summed E-state index contributed by atoms with van der Waals surface area (Å²) in [7, 11) is -4.17. The van der Waals surface area contributed by atoms with E-state index >= 15 is 0 Å². The summed E-state index contributed by atoms with van der Waals surface area (Å²) in [5, 5.41) is 3.46. The summed E-state index contributed by atoms with van der Waals surface area (Å²) < 4.78 is 34.9. The molecule has 0 aliphatic rings. The van der Waals surface area contributed by atoms with Gasteiger partial charge in [0.05, 0.1) is 10.6 Å². The molecule has 0 aliphatic carbocycles. The lowest BCUT2D eigenvalue weighted by atomic mass is 10.1. The van der Waals surface area contributed by atoms with Gasteiger partial charge in [-0.3, -0.25) is 13.9 Å². The molecule has 10 heteroatoms. The molecule has 0 saturated carbocycles. The van der Waals surface area contributed by atoms with Gasteiger partial charge in [0, 0.05) is 17.6 Å². The van der Waals surface area contributed by atoms with Crippen molar-refractivity contribution >= 4 is 39.1 Å². The number of carbonyl (C=O) groups excluding carboxylic acids is 2. The second-order valence-electron chi connectivity index (χ2n) is 10.4. The zero-order valence-corrected chi connectivity index (χ0v) is 26.5. The number of hydrogen-bond donors (Lipinski definition) is 1. The smallest absolute Gasteiger partial charge is 0.264 e. The third-order valence-corrected chi connectivity index (χ3v) is 9.19. The Balaban J connectivity index is 1.68. The minimum atomic E-state index is -4.17. The van der Waals surface area contributed by atoms with Crippen molar-refractivity contribution in [2.45, 2.75) is 50.7 Å². The fourth-order valence-electron chi connectivity index (χ4n) is 4.39. The largest absolute Gasteiger partial charge is 0.457 e. The second kappa shape index (κ2) is 14.9. The van der Waals surface area contributed by atoms with Crippen LogP contribution in [0.15, 0.2) is 114 Å². The van der Waals surface area contributed by atoms with Crippen molar-refractivity contribution in [2.75, 3.05) is 10.8 Å². The summed E-state index contributed by atoms with van der Waals surface area (Å²) in [4.78, 5) is 28.7. The second-order valence-corrected chi connectivity index (χ2v) is 12.7. The van der Waals surface area contributed by atoms with Gasteiger partial charge < -0.3 is 15.0 Å². The van der Waals surface area contributed by atoms with E-state index in [1.807, 2.05) is 44.2 Å². The predicted molar refractivity (Wildman–Crippen MR) is 173 cm³/mol. The highest BCUT2D eigenvalue weighted by Gasteiger charge is 2.32. The van der Waals surface area contributed by atoms with Gasteiger partial charge in [0.15, 0.2) is 0 Å². The first-order valence-corrected chi connectivity index (χ1v) is 16.2. The number of ether oxygens (including phenoxy) is 1. The Kier molecular flexibility index (Phi) is 11.0. The molecule has 0 heterocycles. The zero-order chi connectivity index (χ0) is 31.7. The molecule has 0 spiro atoms. The lowest BCUT2D eigenvalue weighted by molar-refractivity contribution is -0.139. The van der Waals surface area contributed by atoms with Gasteiger partial charge in [-0.05, 0) is 86.5 Å². The van der Waals surface area contributed by atoms with E-state index in [0.717, 1.165) is 16.3 Å². The Morgan fingerprint density at radius 1 is 0.818 bits per heavy atom. The van der Waals surface area contributed by atoms with E-state index in [1.54, 1.807) is 73.7 Å². The molecule has 4 rings (SSSR count). The number of amides is 2. The normalized spacial score (nSPS) is 12.5. The molecule has 2 atom stereocenters. The first-order valence-electron chi connectivity index (χ1n) is 14.3. The first kappa shape index (κ1) is 32.6. The van der Waals surface area contributed by atoms with Gasteiger partial charge in [-0.15, -0.1) is 0 Å². The zero-order valence-electron chi connectivity index (χ0n) is 24.9. The van der Waals surface area contributed by atoms with Gasteiger partial charge in [0.2, 0.25) is 11.8 Å². The molecular formula is C34H36ClN3O5S. The van der Waals surface area contributed by atoms with Gasteiger partial charge in [0.1, 0.15) is 24.1 Å². The van der Waals surface area contributed by atoms with Crippen LogP contribution in [0, 0.1) is 0 Å². The molecule has 2 amide bonds. The number of hydrogen-bond acceptors (Lipinski definition) is 5. The van der Waals surface area contributed by atoms with Crippen molar-refractivity contribution in [1.29, 1.82) is 0 Å². The summed E-state index contributed by atoms with van der Waals surface area (Å²) in [5.41, 5.74) is 1.01. The fourth-order valence-corrected chi connectivity index (χ4v) is 5.95. The van der Waals surface area contributed by atoms with Crippen molar-refractivity contribution in [3.05, 3.63) is 120 Å². The maximum atomic E-state index is 14.1. The first-order chi connectivity index (χ1) is 21.1. The van der Waals surface area contributed by atoms with Gasteiger partial charge >= 0.3 is 0 Å². The number of rotatable bonds is 13. The Morgan fingerprint density at radius 2 is 1.39 bits per heavy atom. The molecule has 4 aromatic carbocycles. The Labute approximate surface area is 264 Å². The van der Waals surface area contributed by atoms with Crippen molar-refractivity contribution in [3.63, 3.8) is 0 Å². The molecule has 8 nitrogen and oxygen atoms in total. The van der Waals surface area contributed by atoms with Crippen LogP contribution in [0.5, 0.6) is 11.5 Å². The number of para-hydroxylation sites is 1. The summed E-state index contributed by atoms with van der Waals surface area (Å²) >= 11 is 6.07. The number of benzene rings is 4. The summed E-state index contributed by atoms with van der Waals surface area (Å²) in [6.45, 7) is 5.01. The molecule has 44 heavy (non-hydrogen) atoms. The number of halogens is 1. The van der Waals surface area contributed by atoms with Crippen molar-refractivity contribution in [2.24, 2.45) is 0 Å². The summed E-state index contributed by atoms with van der Waals surface area (Å²) in [6.07, 6.45) is 0.719. The van der Waals surface area contributed by atoms with Crippen molar-refractivity contribution in [3.8, 4) is 11.5 Å². The van der Waals surface area contributed by atoms with E-state index in [-0.39, 0.29) is 29.1 Å². The van der Waals surface area contributed by atoms with Crippen LogP contribution in [0.3, 0.4) is 0 Å². The van der Waals surface area contributed by atoms with E-state index in [9.17, 15) is 18.0 Å². The standard InChI is InChI=1S/C34H36ClN3O5S/c1-4-25(2)36-34(40)26(3)37(23-27-15-17-28(35)18-16-27)33(39)24-38(44(41,42)32-13-9-6-10-14-32)29-19-21-31(22-20-29)43-30-11-7-5-8-12-30/h5-22,25-26H,4,23-24H2,1-3H3,(H,36,40)/t25-,26-/m0/s1. The minimum absolute atomic E-state index is 0.0317. The average molecular weight is 634 g/mol. The van der Waals surface area contributed by atoms with Crippen LogP contribution in [0.1, 0.15) is 32.8 Å². The molecule has 0 aromatic heterocycles. The SMILES string of the molecule is CC[C@H](C)NC(=O)[C@H](C)N(Cc1ccc(Cl)cc1)C(=O)CN(c1ccc(Oc2ccccc2)cc1)S(=O)(=O)c1ccccc1. The predicted octanol–water partition coefficient (Wildman–Crippen LogP) is 6.66. The van der Waals surface area contributed by atoms with Crippen LogP contribution in [0.4, 0.5) is 5.69 Å². The van der Waals surface area contributed by atoms with E-state index < -0.39 is 28.5 Å². The molecule has 0 unspecified atom stereocenters. The van der Waals surface area contributed by atoms with E-state index in [0.29, 0.717) is 16.5 Å². The van der Waals surface area contributed by atoms with Gasteiger partial charge in [-0.25, -0.2) is 8.42 Å². The third-order valence-electron chi connectivity index (χ3n) is 7.15. The number of anilines is 1. The monoisotopic (exact) mass is 633 g/mol.